The molecule has 0 spiro atoms. The van der Waals surface area contributed by atoms with Crippen LogP contribution in [-0.2, 0) is 4.74 Å². The number of rotatable bonds is 1. The van der Waals surface area contributed by atoms with E-state index in [1.54, 1.807) is 0 Å². The van der Waals surface area contributed by atoms with E-state index in [-0.39, 0.29) is 6.10 Å². The first-order valence-corrected chi connectivity index (χ1v) is 7.48. The van der Waals surface area contributed by atoms with Crippen molar-refractivity contribution in [1.82, 2.24) is 5.32 Å². The lowest BCUT2D eigenvalue weighted by molar-refractivity contribution is 0.0494. The monoisotopic (exact) mass is 277 g/mol. The molecule has 2 aliphatic heterocycles. The van der Waals surface area contributed by atoms with E-state index in [1.165, 1.54) is 0 Å². The van der Waals surface area contributed by atoms with Gasteiger partial charge < -0.3 is 19.5 Å². The standard InChI is InChI=1S/C16H23NO3/c1-11-10-20-16(9-17-12(11)2)13-4-5-14-15(8-13)19-7-3-6-18-14/h4-5,8,11-12,16-17H,3,6-7,9-10H2,1-2H3. The Morgan fingerprint density at radius 2 is 1.90 bits per heavy atom. The molecule has 4 nitrogen and oxygen atoms in total. The highest BCUT2D eigenvalue weighted by Gasteiger charge is 2.23. The van der Waals surface area contributed by atoms with E-state index >= 15 is 0 Å². The summed E-state index contributed by atoms with van der Waals surface area (Å²) in [5.74, 6) is 2.21. The van der Waals surface area contributed by atoms with E-state index in [0.717, 1.165) is 43.2 Å². The number of hydrogen-bond donors (Lipinski definition) is 1. The number of hydrogen-bond acceptors (Lipinski definition) is 4. The first kappa shape index (κ1) is 13.7. The van der Waals surface area contributed by atoms with Crippen LogP contribution in [0.15, 0.2) is 18.2 Å². The average Bonchev–Trinajstić information content (AvgIpc) is 2.79. The van der Waals surface area contributed by atoms with Crippen molar-refractivity contribution in [3.8, 4) is 11.5 Å². The molecule has 0 bridgehead atoms. The van der Waals surface area contributed by atoms with Gasteiger partial charge in [0.05, 0.1) is 25.9 Å². The van der Waals surface area contributed by atoms with Crippen molar-refractivity contribution in [2.75, 3.05) is 26.4 Å². The lowest BCUT2D eigenvalue weighted by Gasteiger charge is -2.17. The van der Waals surface area contributed by atoms with Gasteiger partial charge in [-0.05, 0) is 30.5 Å². The second-order valence-corrected chi connectivity index (χ2v) is 5.75. The molecule has 3 rings (SSSR count). The van der Waals surface area contributed by atoms with E-state index in [1.807, 2.05) is 6.07 Å². The molecular formula is C16H23NO3. The highest BCUT2D eigenvalue weighted by Crippen LogP contribution is 2.33. The molecule has 0 saturated carbocycles. The van der Waals surface area contributed by atoms with Crippen molar-refractivity contribution >= 4 is 0 Å². The van der Waals surface area contributed by atoms with Crippen LogP contribution in [-0.4, -0.2) is 32.4 Å². The fourth-order valence-corrected chi connectivity index (χ4v) is 2.56. The maximum atomic E-state index is 6.04. The summed E-state index contributed by atoms with van der Waals surface area (Å²) in [6.45, 7) is 7.49. The zero-order valence-electron chi connectivity index (χ0n) is 12.2. The molecule has 1 saturated heterocycles. The predicted molar refractivity (Wildman–Crippen MR) is 77.4 cm³/mol. The van der Waals surface area contributed by atoms with E-state index in [0.29, 0.717) is 18.6 Å². The Labute approximate surface area is 120 Å². The van der Waals surface area contributed by atoms with Gasteiger partial charge >= 0.3 is 0 Å². The fourth-order valence-electron chi connectivity index (χ4n) is 2.56. The highest BCUT2D eigenvalue weighted by atomic mass is 16.5. The van der Waals surface area contributed by atoms with Crippen molar-refractivity contribution < 1.29 is 14.2 Å². The van der Waals surface area contributed by atoms with Crippen LogP contribution in [0, 0.1) is 5.92 Å². The fraction of sp³-hybridized carbons (Fsp3) is 0.625. The van der Waals surface area contributed by atoms with E-state index in [4.69, 9.17) is 14.2 Å². The van der Waals surface area contributed by atoms with Gasteiger partial charge in [-0.15, -0.1) is 0 Å². The van der Waals surface area contributed by atoms with Crippen LogP contribution in [0.5, 0.6) is 11.5 Å². The van der Waals surface area contributed by atoms with Crippen LogP contribution in [0.4, 0.5) is 0 Å². The second kappa shape index (κ2) is 6.02. The van der Waals surface area contributed by atoms with Gasteiger partial charge in [0.15, 0.2) is 11.5 Å². The molecule has 0 amide bonds. The summed E-state index contributed by atoms with van der Waals surface area (Å²) >= 11 is 0. The van der Waals surface area contributed by atoms with Crippen molar-refractivity contribution in [1.29, 1.82) is 0 Å². The lowest BCUT2D eigenvalue weighted by atomic mass is 10.1. The highest BCUT2D eigenvalue weighted by molar-refractivity contribution is 5.44. The molecule has 2 heterocycles. The summed E-state index contributed by atoms with van der Waals surface area (Å²) in [5, 5.41) is 3.54. The molecule has 1 aromatic carbocycles. The number of benzene rings is 1. The molecule has 110 valence electrons. The first-order chi connectivity index (χ1) is 9.74. The molecular weight excluding hydrogens is 254 g/mol. The van der Waals surface area contributed by atoms with Gasteiger partial charge in [-0.2, -0.15) is 0 Å². The van der Waals surface area contributed by atoms with Gasteiger partial charge in [-0.3, -0.25) is 0 Å². The smallest absolute Gasteiger partial charge is 0.161 e. The molecule has 4 heteroatoms. The molecule has 1 N–H and O–H groups in total. The number of ether oxygens (including phenoxy) is 3. The molecule has 0 radical (unpaired) electrons. The molecule has 3 atom stereocenters. The average molecular weight is 277 g/mol. The van der Waals surface area contributed by atoms with E-state index in [2.05, 4.69) is 31.3 Å². The van der Waals surface area contributed by atoms with Crippen molar-refractivity contribution in [3.05, 3.63) is 23.8 Å². The molecule has 3 unspecified atom stereocenters. The van der Waals surface area contributed by atoms with Crippen molar-refractivity contribution in [2.45, 2.75) is 32.4 Å². The Morgan fingerprint density at radius 3 is 2.75 bits per heavy atom. The van der Waals surface area contributed by atoms with Gasteiger partial charge in [0.2, 0.25) is 0 Å². The molecule has 2 aliphatic rings. The van der Waals surface area contributed by atoms with Gasteiger partial charge in [-0.1, -0.05) is 13.0 Å². The third-order valence-corrected chi connectivity index (χ3v) is 4.18. The number of fused-ring (bicyclic) bond motifs is 1. The molecule has 20 heavy (non-hydrogen) atoms. The van der Waals surface area contributed by atoms with Gasteiger partial charge in [0, 0.05) is 19.0 Å². The SMILES string of the molecule is CC1COC(c2ccc3c(c2)OCCCO3)CNC1C. The Kier molecular flexibility index (Phi) is 4.13. The van der Waals surface area contributed by atoms with Crippen molar-refractivity contribution in [2.24, 2.45) is 5.92 Å². The molecule has 0 aromatic heterocycles. The summed E-state index contributed by atoms with van der Waals surface area (Å²) in [6, 6.07) is 6.63. The Morgan fingerprint density at radius 1 is 1.10 bits per heavy atom. The van der Waals surface area contributed by atoms with Crippen LogP contribution in [0.2, 0.25) is 0 Å². The van der Waals surface area contributed by atoms with Crippen LogP contribution in [0.3, 0.4) is 0 Å². The summed E-state index contributed by atoms with van der Waals surface area (Å²) in [7, 11) is 0. The largest absolute Gasteiger partial charge is 0.490 e. The summed E-state index contributed by atoms with van der Waals surface area (Å²) < 4.78 is 17.5. The summed E-state index contributed by atoms with van der Waals surface area (Å²) in [4.78, 5) is 0. The van der Waals surface area contributed by atoms with E-state index in [9.17, 15) is 0 Å². The molecule has 0 aliphatic carbocycles. The van der Waals surface area contributed by atoms with Crippen LogP contribution in [0.1, 0.15) is 31.9 Å². The third kappa shape index (κ3) is 2.91. The van der Waals surface area contributed by atoms with Crippen LogP contribution in [0.25, 0.3) is 0 Å². The first-order valence-electron chi connectivity index (χ1n) is 7.48. The number of nitrogens with one attached hydrogen (secondary N) is 1. The Balaban J connectivity index is 1.78. The molecule has 1 aromatic rings. The summed E-state index contributed by atoms with van der Waals surface area (Å²) in [5.41, 5.74) is 1.16. The topological polar surface area (TPSA) is 39.7 Å². The minimum absolute atomic E-state index is 0.0829. The molecule has 1 fully saturated rings. The predicted octanol–water partition coefficient (Wildman–Crippen LogP) is 2.53. The zero-order chi connectivity index (χ0) is 13.9. The van der Waals surface area contributed by atoms with Crippen molar-refractivity contribution in [3.63, 3.8) is 0 Å². The lowest BCUT2D eigenvalue weighted by Crippen LogP contribution is -2.32. The van der Waals surface area contributed by atoms with Crippen LogP contribution < -0.4 is 14.8 Å². The quantitative estimate of drug-likeness (QED) is 0.856. The minimum atomic E-state index is 0.0829. The second-order valence-electron chi connectivity index (χ2n) is 5.75. The van der Waals surface area contributed by atoms with Gasteiger partial charge in [-0.25, -0.2) is 0 Å². The Bertz CT molecular complexity index is 451. The maximum Gasteiger partial charge on any atom is 0.161 e. The van der Waals surface area contributed by atoms with Gasteiger partial charge in [0.1, 0.15) is 0 Å². The minimum Gasteiger partial charge on any atom is -0.490 e. The Hall–Kier alpha value is -1.26. The maximum absolute atomic E-state index is 6.04. The summed E-state index contributed by atoms with van der Waals surface area (Å²) in [6.07, 6.45) is 1.01. The van der Waals surface area contributed by atoms with Crippen LogP contribution >= 0.6 is 0 Å². The van der Waals surface area contributed by atoms with E-state index < -0.39 is 0 Å². The third-order valence-electron chi connectivity index (χ3n) is 4.18. The van der Waals surface area contributed by atoms with Gasteiger partial charge in [0.25, 0.3) is 0 Å². The normalized spacial score (nSPS) is 30.4. The zero-order valence-corrected chi connectivity index (χ0v) is 12.2.